The van der Waals surface area contributed by atoms with Crippen LogP contribution >= 0.6 is 35.0 Å². The lowest BCUT2D eigenvalue weighted by Gasteiger charge is -2.12. The first-order valence-electron chi connectivity index (χ1n) is 9.58. The molecule has 4 aromatic rings. The van der Waals surface area contributed by atoms with Gasteiger partial charge in [0.15, 0.2) is 11.0 Å². The molecule has 4 rings (SSSR count). The summed E-state index contributed by atoms with van der Waals surface area (Å²) in [6, 6.07) is 22.2. The van der Waals surface area contributed by atoms with E-state index in [-0.39, 0.29) is 11.7 Å². The number of nitrogens with zero attached hydrogens (tertiary/aromatic N) is 3. The molecule has 0 aliphatic carbocycles. The molecule has 0 radical (unpaired) electrons. The first-order valence-corrected chi connectivity index (χ1v) is 11.3. The molecule has 3 aromatic carbocycles. The molecule has 9 heteroatoms. The number of amides is 1. The molecule has 1 N–H and O–H groups in total. The van der Waals surface area contributed by atoms with E-state index in [9.17, 15) is 4.79 Å². The molecule has 0 aliphatic heterocycles. The highest BCUT2D eigenvalue weighted by Crippen LogP contribution is 2.33. The number of anilines is 1. The van der Waals surface area contributed by atoms with Crippen LogP contribution in [0.5, 0.6) is 5.75 Å². The number of thioether (sulfide) groups is 1. The van der Waals surface area contributed by atoms with E-state index >= 15 is 0 Å². The monoisotopic (exact) mass is 484 g/mol. The van der Waals surface area contributed by atoms with E-state index in [2.05, 4.69) is 15.5 Å². The Hall–Kier alpha value is -3.00. The first-order chi connectivity index (χ1) is 15.5. The highest BCUT2D eigenvalue weighted by atomic mass is 35.5. The number of hydrogen-bond donors (Lipinski definition) is 1. The zero-order chi connectivity index (χ0) is 22.5. The van der Waals surface area contributed by atoms with E-state index in [4.69, 9.17) is 27.9 Å². The number of aromatic nitrogens is 3. The molecule has 0 spiro atoms. The SMILES string of the molecule is COc1ccccc1-c1nnc(SCC(=O)Nc2cc(Cl)cc(Cl)c2)n1-c1ccccc1. The average Bonchev–Trinajstić information content (AvgIpc) is 3.21. The van der Waals surface area contributed by atoms with Gasteiger partial charge in [-0.2, -0.15) is 0 Å². The minimum atomic E-state index is -0.213. The summed E-state index contributed by atoms with van der Waals surface area (Å²) in [6.45, 7) is 0. The number of rotatable bonds is 7. The number of para-hydroxylation sites is 2. The minimum absolute atomic E-state index is 0.126. The summed E-state index contributed by atoms with van der Waals surface area (Å²) in [5, 5.41) is 13.0. The Morgan fingerprint density at radius 1 is 1.00 bits per heavy atom. The van der Waals surface area contributed by atoms with E-state index in [0.29, 0.717) is 32.5 Å². The second-order valence-corrected chi connectivity index (χ2v) is 8.49. The summed E-state index contributed by atoms with van der Waals surface area (Å²) in [5.41, 5.74) is 2.21. The maximum atomic E-state index is 12.5. The Morgan fingerprint density at radius 3 is 2.41 bits per heavy atom. The molecule has 0 saturated heterocycles. The molecule has 1 heterocycles. The van der Waals surface area contributed by atoms with Gasteiger partial charge in [0.1, 0.15) is 5.75 Å². The molecule has 6 nitrogen and oxygen atoms in total. The molecular weight excluding hydrogens is 467 g/mol. The van der Waals surface area contributed by atoms with E-state index in [0.717, 1.165) is 11.3 Å². The number of halogens is 2. The summed E-state index contributed by atoms with van der Waals surface area (Å²) in [6.07, 6.45) is 0. The fourth-order valence-corrected chi connectivity index (χ4v) is 4.41. The molecule has 32 heavy (non-hydrogen) atoms. The van der Waals surface area contributed by atoms with E-state index in [1.165, 1.54) is 11.8 Å². The predicted octanol–water partition coefficient (Wildman–Crippen LogP) is 5.98. The van der Waals surface area contributed by atoms with Crippen LogP contribution in [-0.4, -0.2) is 33.5 Å². The van der Waals surface area contributed by atoms with Crippen molar-refractivity contribution < 1.29 is 9.53 Å². The van der Waals surface area contributed by atoms with Gasteiger partial charge in [0.25, 0.3) is 0 Å². The Balaban J connectivity index is 1.61. The van der Waals surface area contributed by atoms with Crippen LogP contribution in [0.1, 0.15) is 0 Å². The summed E-state index contributed by atoms with van der Waals surface area (Å²) in [4.78, 5) is 12.5. The first kappa shape index (κ1) is 22.2. The van der Waals surface area contributed by atoms with Crippen LogP contribution in [0.2, 0.25) is 10.0 Å². The number of carbonyl (C=O) groups is 1. The van der Waals surface area contributed by atoms with Crippen molar-refractivity contribution in [3.8, 4) is 22.8 Å². The summed E-state index contributed by atoms with van der Waals surface area (Å²) >= 11 is 13.3. The molecule has 1 aromatic heterocycles. The second-order valence-electron chi connectivity index (χ2n) is 6.67. The smallest absolute Gasteiger partial charge is 0.234 e. The van der Waals surface area contributed by atoms with Gasteiger partial charge in [-0.25, -0.2) is 0 Å². The van der Waals surface area contributed by atoms with Gasteiger partial charge in [0.2, 0.25) is 5.91 Å². The standard InChI is InChI=1S/C23H18Cl2N4O2S/c1-31-20-10-6-5-9-19(20)22-27-28-23(29(22)18-7-3-2-4-8-18)32-14-21(30)26-17-12-15(24)11-16(25)13-17/h2-13H,14H2,1H3,(H,26,30). The molecule has 162 valence electrons. The molecule has 0 atom stereocenters. The van der Waals surface area contributed by atoms with Gasteiger partial charge in [-0.15, -0.1) is 10.2 Å². The van der Waals surface area contributed by atoms with Crippen LogP contribution in [0.3, 0.4) is 0 Å². The topological polar surface area (TPSA) is 69.0 Å². The van der Waals surface area contributed by atoms with Crippen molar-refractivity contribution in [1.29, 1.82) is 0 Å². The average molecular weight is 485 g/mol. The highest BCUT2D eigenvalue weighted by molar-refractivity contribution is 7.99. The number of benzene rings is 3. The van der Waals surface area contributed by atoms with Gasteiger partial charge in [-0.05, 0) is 42.5 Å². The van der Waals surface area contributed by atoms with Gasteiger partial charge >= 0.3 is 0 Å². The number of nitrogens with one attached hydrogen (secondary N) is 1. The third kappa shape index (κ3) is 5.07. The van der Waals surface area contributed by atoms with Gasteiger partial charge in [-0.1, -0.05) is 65.3 Å². The maximum absolute atomic E-state index is 12.5. The van der Waals surface area contributed by atoms with Crippen LogP contribution in [0.15, 0.2) is 78.0 Å². The minimum Gasteiger partial charge on any atom is -0.496 e. The van der Waals surface area contributed by atoms with Gasteiger partial charge in [-0.3, -0.25) is 9.36 Å². The molecule has 1 amide bonds. The van der Waals surface area contributed by atoms with Gasteiger partial charge in [0, 0.05) is 21.4 Å². The largest absolute Gasteiger partial charge is 0.496 e. The second kappa shape index (κ2) is 10.1. The normalized spacial score (nSPS) is 10.7. The van der Waals surface area contributed by atoms with E-state index in [1.54, 1.807) is 25.3 Å². The van der Waals surface area contributed by atoms with Gasteiger partial charge in [0.05, 0.1) is 18.4 Å². The Morgan fingerprint density at radius 2 is 1.69 bits per heavy atom. The number of ether oxygens (including phenoxy) is 1. The van der Waals surface area contributed by atoms with Crippen molar-refractivity contribution in [2.45, 2.75) is 5.16 Å². The Labute approximate surface area is 199 Å². The third-order valence-electron chi connectivity index (χ3n) is 4.47. The fraction of sp³-hybridized carbons (Fsp3) is 0.0870. The molecule has 0 fully saturated rings. The van der Waals surface area contributed by atoms with Crippen molar-refractivity contribution in [1.82, 2.24) is 14.8 Å². The number of hydrogen-bond acceptors (Lipinski definition) is 5. The van der Waals surface area contributed by atoms with Crippen LogP contribution < -0.4 is 10.1 Å². The third-order valence-corrected chi connectivity index (χ3v) is 5.84. The Bertz CT molecular complexity index is 1230. The lowest BCUT2D eigenvalue weighted by Crippen LogP contribution is -2.14. The Kier molecular flexibility index (Phi) is 6.99. The zero-order valence-electron chi connectivity index (χ0n) is 17.0. The van der Waals surface area contributed by atoms with Crippen molar-refractivity contribution in [3.63, 3.8) is 0 Å². The fourth-order valence-electron chi connectivity index (χ4n) is 3.13. The van der Waals surface area contributed by atoms with Crippen molar-refractivity contribution in [2.24, 2.45) is 0 Å². The summed E-state index contributed by atoms with van der Waals surface area (Å²) in [7, 11) is 1.62. The van der Waals surface area contributed by atoms with E-state index < -0.39 is 0 Å². The van der Waals surface area contributed by atoms with Crippen molar-refractivity contribution in [3.05, 3.63) is 82.8 Å². The predicted molar refractivity (Wildman–Crippen MR) is 129 cm³/mol. The van der Waals surface area contributed by atoms with Gasteiger partial charge < -0.3 is 10.1 Å². The van der Waals surface area contributed by atoms with Crippen molar-refractivity contribution >= 4 is 46.6 Å². The van der Waals surface area contributed by atoms with Crippen LogP contribution in [-0.2, 0) is 4.79 Å². The number of carbonyl (C=O) groups excluding carboxylic acids is 1. The molecule has 0 aliphatic rings. The number of methoxy groups -OCH3 is 1. The van der Waals surface area contributed by atoms with E-state index in [1.807, 2.05) is 59.2 Å². The summed E-state index contributed by atoms with van der Waals surface area (Å²) < 4.78 is 7.42. The summed E-state index contributed by atoms with van der Waals surface area (Å²) in [5.74, 6) is 1.22. The maximum Gasteiger partial charge on any atom is 0.234 e. The molecule has 0 unspecified atom stereocenters. The lowest BCUT2D eigenvalue weighted by molar-refractivity contribution is -0.113. The highest BCUT2D eigenvalue weighted by Gasteiger charge is 2.19. The quantitative estimate of drug-likeness (QED) is 0.326. The van der Waals surface area contributed by atoms with Crippen LogP contribution in [0.4, 0.5) is 5.69 Å². The van der Waals surface area contributed by atoms with Crippen LogP contribution in [0, 0.1) is 0 Å². The molecular formula is C23H18Cl2N4O2S. The molecule has 0 saturated carbocycles. The van der Waals surface area contributed by atoms with Crippen molar-refractivity contribution in [2.75, 3.05) is 18.2 Å². The molecule has 0 bridgehead atoms. The zero-order valence-corrected chi connectivity index (χ0v) is 19.3. The van der Waals surface area contributed by atoms with Crippen LogP contribution in [0.25, 0.3) is 17.1 Å². The lowest BCUT2D eigenvalue weighted by atomic mass is 10.2.